The molecule has 2 nitrogen and oxygen atoms in total. The van der Waals surface area contributed by atoms with Crippen molar-refractivity contribution in [1.82, 2.24) is 5.32 Å². The fraction of sp³-hybridized carbons (Fsp3) is 0.778. The molecular weight excluding hydrogens is 138 g/mol. The third-order valence-electron chi connectivity index (χ3n) is 2.02. The molecule has 0 fully saturated rings. The van der Waals surface area contributed by atoms with Crippen molar-refractivity contribution in [2.24, 2.45) is 5.92 Å². The quantitative estimate of drug-likeness (QED) is 0.475. The summed E-state index contributed by atoms with van der Waals surface area (Å²) in [6.07, 6.45) is 7.03. The molecule has 64 valence electrons. The van der Waals surface area contributed by atoms with E-state index in [4.69, 9.17) is 4.74 Å². The highest BCUT2D eigenvalue weighted by Crippen LogP contribution is 2.15. The van der Waals surface area contributed by atoms with E-state index in [-0.39, 0.29) is 0 Å². The van der Waals surface area contributed by atoms with Crippen molar-refractivity contribution in [3.8, 4) is 0 Å². The summed E-state index contributed by atoms with van der Waals surface area (Å²) in [6, 6.07) is 0. The van der Waals surface area contributed by atoms with E-state index < -0.39 is 0 Å². The highest BCUT2D eigenvalue weighted by molar-refractivity contribution is 4.94. The molecule has 1 rings (SSSR count). The molecule has 0 aliphatic heterocycles. The van der Waals surface area contributed by atoms with Crippen molar-refractivity contribution in [2.75, 3.05) is 26.8 Å². The van der Waals surface area contributed by atoms with Gasteiger partial charge >= 0.3 is 0 Å². The van der Waals surface area contributed by atoms with Gasteiger partial charge in [-0.1, -0.05) is 12.2 Å². The van der Waals surface area contributed by atoms with Gasteiger partial charge in [0.25, 0.3) is 0 Å². The molecule has 0 amide bonds. The Morgan fingerprint density at radius 1 is 1.45 bits per heavy atom. The second-order valence-corrected chi connectivity index (χ2v) is 3.01. The number of hydrogen-bond acceptors (Lipinski definition) is 2. The minimum Gasteiger partial charge on any atom is -0.383 e. The van der Waals surface area contributed by atoms with Gasteiger partial charge in [-0.3, -0.25) is 0 Å². The predicted octanol–water partition coefficient (Wildman–Crippen LogP) is 1.19. The van der Waals surface area contributed by atoms with Gasteiger partial charge in [-0.15, -0.1) is 0 Å². The van der Waals surface area contributed by atoms with E-state index in [0.717, 1.165) is 25.6 Å². The molecule has 1 aliphatic carbocycles. The molecule has 0 atom stereocenters. The van der Waals surface area contributed by atoms with Crippen LogP contribution in [0.3, 0.4) is 0 Å². The predicted molar refractivity (Wildman–Crippen MR) is 46.6 cm³/mol. The Morgan fingerprint density at radius 3 is 2.82 bits per heavy atom. The summed E-state index contributed by atoms with van der Waals surface area (Å²) in [5.74, 6) is 0.840. The van der Waals surface area contributed by atoms with Crippen molar-refractivity contribution in [3.05, 3.63) is 12.2 Å². The lowest BCUT2D eigenvalue weighted by Gasteiger charge is -2.09. The summed E-state index contributed by atoms with van der Waals surface area (Å²) < 4.78 is 4.93. The van der Waals surface area contributed by atoms with Crippen LogP contribution in [-0.4, -0.2) is 26.8 Å². The van der Waals surface area contributed by atoms with Crippen LogP contribution in [0.25, 0.3) is 0 Å². The third-order valence-corrected chi connectivity index (χ3v) is 2.02. The molecule has 2 heteroatoms. The molecule has 1 N–H and O–H groups in total. The van der Waals surface area contributed by atoms with Crippen molar-refractivity contribution in [2.45, 2.75) is 12.8 Å². The Bertz CT molecular complexity index is 115. The van der Waals surface area contributed by atoms with Gasteiger partial charge in [0.05, 0.1) is 6.61 Å². The lowest BCUT2D eigenvalue weighted by atomic mass is 10.1. The lowest BCUT2D eigenvalue weighted by Crippen LogP contribution is -2.24. The van der Waals surface area contributed by atoms with Gasteiger partial charge in [0.15, 0.2) is 0 Å². The van der Waals surface area contributed by atoms with Crippen LogP contribution in [0.15, 0.2) is 12.2 Å². The summed E-state index contributed by atoms with van der Waals surface area (Å²) in [6.45, 7) is 2.93. The summed E-state index contributed by atoms with van der Waals surface area (Å²) in [4.78, 5) is 0. The number of methoxy groups -OCH3 is 1. The molecule has 11 heavy (non-hydrogen) atoms. The first kappa shape index (κ1) is 8.75. The maximum Gasteiger partial charge on any atom is 0.0587 e. The maximum atomic E-state index is 4.93. The van der Waals surface area contributed by atoms with E-state index in [0.29, 0.717) is 0 Å². The van der Waals surface area contributed by atoms with Crippen LogP contribution in [0.1, 0.15) is 12.8 Å². The van der Waals surface area contributed by atoms with Gasteiger partial charge in [-0.25, -0.2) is 0 Å². The average Bonchev–Trinajstić information content (AvgIpc) is 2.50. The first-order valence-corrected chi connectivity index (χ1v) is 4.28. The normalized spacial score (nSPS) is 17.9. The smallest absolute Gasteiger partial charge is 0.0587 e. The van der Waals surface area contributed by atoms with E-state index in [1.165, 1.54) is 12.8 Å². The van der Waals surface area contributed by atoms with Gasteiger partial charge in [-0.05, 0) is 25.3 Å². The van der Waals surface area contributed by atoms with Crippen LogP contribution < -0.4 is 5.32 Å². The molecule has 0 saturated heterocycles. The first-order valence-electron chi connectivity index (χ1n) is 4.28. The summed E-state index contributed by atoms with van der Waals surface area (Å²) >= 11 is 0. The lowest BCUT2D eigenvalue weighted by molar-refractivity contribution is 0.198. The molecule has 1 aliphatic rings. The van der Waals surface area contributed by atoms with Crippen molar-refractivity contribution < 1.29 is 4.74 Å². The van der Waals surface area contributed by atoms with Gasteiger partial charge in [-0.2, -0.15) is 0 Å². The van der Waals surface area contributed by atoms with Crippen LogP contribution >= 0.6 is 0 Å². The number of nitrogens with one attached hydrogen (secondary N) is 1. The molecule has 0 radical (unpaired) electrons. The number of allylic oxidation sites excluding steroid dienone is 2. The zero-order valence-electron chi connectivity index (χ0n) is 7.18. The zero-order chi connectivity index (χ0) is 7.94. The molecule has 0 saturated carbocycles. The van der Waals surface area contributed by atoms with E-state index in [1.807, 2.05) is 0 Å². The number of hydrogen-bond donors (Lipinski definition) is 1. The van der Waals surface area contributed by atoms with Crippen LogP contribution in [0.5, 0.6) is 0 Å². The summed E-state index contributed by atoms with van der Waals surface area (Å²) in [7, 11) is 1.73. The minimum absolute atomic E-state index is 0.820. The van der Waals surface area contributed by atoms with E-state index >= 15 is 0 Å². The molecule has 0 aromatic carbocycles. The summed E-state index contributed by atoms with van der Waals surface area (Å²) in [5, 5.41) is 3.36. The second-order valence-electron chi connectivity index (χ2n) is 3.01. The molecule has 0 aromatic heterocycles. The Balaban J connectivity index is 1.87. The number of ether oxygens (including phenoxy) is 1. The zero-order valence-corrected chi connectivity index (χ0v) is 7.18. The molecule has 0 spiro atoms. The fourth-order valence-electron chi connectivity index (χ4n) is 1.32. The minimum atomic E-state index is 0.820. The van der Waals surface area contributed by atoms with Gasteiger partial charge in [0, 0.05) is 13.7 Å². The highest BCUT2D eigenvalue weighted by Gasteiger charge is 2.08. The Kier molecular flexibility index (Phi) is 4.24. The average molecular weight is 155 g/mol. The van der Waals surface area contributed by atoms with Crippen LogP contribution in [-0.2, 0) is 4.74 Å². The molecule has 0 bridgehead atoms. The Labute approximate surface area is 68.6 Å². The van der Waals surface area contributed by atoms with Crippen LogP contribution in [0.2, 0.25) is 0 Å². The standard InChI is InChI=1S/C9H17NO/c1-11-7-6-10-8-9-4-2-3-5-9/h2-3,9-10H,4-8H2,1H3. The van der Waals surface area contributed by atoms with Gasteiger partial charge in [0.1, 0.15) is 0 Å². The highest BCUT2D eigenvalue weighted by atomic mass is 16.5. The van der Waals surface area contributed by atoms with E-state index in [1.54, 1.807) is 7.11 Å². The molecule has 0 heterocycles. The fourth-order valence-corrected chi connectivity index (χ4v) is 1.32. The van der Waals surface area contributed by atoms with Crippen LogP contribution in [0, 0.1) is 5.92 Å². The summed E-state index contributed by atoms with van der Waals surface area (Å²) in [5.41, 5.74) is 0. The SMILES string of the molecule is COCCNCC1CC=CC1. The van der Waals surface area contributed by atoms with Gasteiger partial charge in [0.2, 0.25) is 0 Å². The van der Waals surface area contributed by atoms with E-state index in [9.17, 15) is 0 Å². The molecular formula is C9H17NO. The first-order chi connectivity index (χ1) is 5.43. The van der Waals surface area contributed by atoms with Crippen LogP contribution in [0.4, 0.5) is 0 Å². The van der Waals surface area contributed by atoms with Gasteiger partial charge < -0.3 is 10.1 Å². The molecule has 0 unspecified atom stereocenters. The largest absolute Gasteiger partial charge is 0.383 e. The number of rotatable bonds is 5. The third kappa shape index (κ3) is 3.54. The van der Waals surface area contributed by atoms with Crippen molar-refractivity contribution in [3.63, 3.8) is 0 Å². The second kappa shape index (κ2) is 5.33. The van der Waals surface area contributed by atoms with Crippen molar-refractivity contribution in [1.29, 1.82) is 0 Å². The monoisotopic (exact) mass is 155 g/mol. The maximum absolute atomic E-state index is 4.93. The van der Waals surface area contributed by atoms with E-state index in [2.05, 4.69) is 17.5 Å². The topological polar surface area (TPSA) is 21.3 Å². The molecule has 0 aromatic rings. The van der Waals surface area contributed by atoms with Crippen molar-refractivity contribution >= 4 is 0 Å². The Hall–Kier alpha value is -0.340. The Morgan fingerprint density at radius 2 is 2.18 bits per heavy atom.